The first-order valence-electron chi connectivity index (χ1n) is 9.06. The lowest BCUT2D eigenvalue weighted by molar-refractivity contribution is -0.00000548. The molecule has 0 fully saturated rings. The largest absolute Gasteiger partial charge is 1.00 e. The number of methoxy groups -OCH3 is 1. The number of halogens is 1. The molecule has 140 valence electrons. The lowest BCUT2D eigenvalue weighted by Crippen LogP contribution is -3.00. The van der Waals surface area contributed by atoms with Gasteiger partial charge in [-0.1, -0.05) is 60.7 Å². The second-order valence-corrected chi connectivity index (χ2v) is 9.79. The molecule has 0 spiro atoms. The average molecular weight is 496 g/mol. The van der Waals surface area contributed by atoms with Gasteiger partial charge in [0.15, 0.2) is 0 Å². The van der Waals surface area contributed by atoms with Gasteiger partial charge in [0.2, 0.25) is 0 Å². The summed E-state index contributed by atoms with van der Waals surface area (Å²) in [6.07, 6.45) is 0. The molecule has 0 aromatic heterocycles. The molecule has 4 rings (SSSR count). The van der Waals surface area contributed by atoms with Crippen LogP contribution in [-0.4, -0.2) is 7.11 Å². The third-order valence-electron chi connectivity index (χ3n) is 4.87. The Labute approximate surface area is 184 Å². The molecule has 0 saturated carbocycles. The molecule has 0 atom stereocenters. The van der Waals surface area contributed by atoms with Crippen molar-refractivity contribution < 1.29 is 28.7 Å². The lowest BCUT2D eigenvalue weighted by atomic mass is 10.3. The van der Waals surface area contributed by atoms with Gasteiger partial charge in [-0.15, -0.1) is 0 Å². The van der Waals surface area contributed by atoms with Crippen LogP contribution in [0.15, 0.2) is 115 Å². The maximum atomic E-state index is 5.58. The molecule has 0 aliphatic rings. The number of ether oxygens (including phenoxy) is 1. The van der Waals surface area contributed by atoms with E-state index >= 15 is 0 Å². The maximum absolute atomic E-state index is 5.58. The molecule has 0 aliphatic heterocycles. The second-order valence-electron chi connectivity index (χ2n) is 6.38. The quantitative estimate of drug-likeness (QED) is 0.299. The topological polar surface area (TPSA) is 9.23 Å². The van der Waals surface area contributed by atoms with Crippen LogP contribution >= 0.6 is 7.26 Å². The third-order valence-corrected chi connectivity index (χ3v) is 9.14. The van der Waals surface area contributed by atoms with Crippen LogP contribution in [-0.2, 0) is 0 Å². The highest BCUT2D eigenvalue weighted by Gasteiger charge is 2.47. The summed E-state index contributed by atoms with van der Waals surface area (Å²) >= 11 is 0. The first-order valence-corrected chi connectivity index (χ1v) is 10.8. The summed E-state index contributed by atoms with van der Waals surface area (Å²) in [7, 11) is -0.297. The Bertz CT molecular complexity index is 907. The zero-order chi connectivity index (χ0) is 18.5. The highest BCUT2D eigenvalue weighted by Crippen LogP contribution is 2.54. The highest BCUT2D eigenvalue weighted by molar-refractivity contribution is 8.01. The zero-order valence-electron chi connectivity index (χ0n) is 15.7. The smallest absolute Gasteiger partial charge is 0.144 e. The van der Waals surface area contributed by atoms with Crippen LogP contribution in [0.5, 0.6) is 5.75 Å². The molecule has 0 radical (unpaired) electrons. The van der Waals surface area contributed by atoms with Crippen LogP contribution in [0.3, 0.4) is 0 Å². The van der Waals surface area contributed by atoms with Gasteiger partial charge in [-0.3, -0.25) is 0 Å². The number of rotatable bonds is 5. The van der Waals surface area contributed by atoms with E-state index < -0.39 is 7.26 Å². The number of hydrogen-bond acceptors (Lipinski definition) is 1. The Morgan fingerprint density at radius 2 is 0.893 bits per heavy atom. The van der Waals surface area contributed by atoms with Gasteiger partial charge in [-0.05, 0) is 48.5 Å². The van der Waals surface area contributed by atoms with Crippen molar-refractivity contribution >= 4 is 28.5 Å². The highest BCUT2D eigenvalue weighted by atomic mass is 127. The van der Waals surface area contributed by atoms with Crippen LogP contribution < -0.4 is 49.9 Å². The van der Waals surface area contributed by atoms with E-state index in [-0.39, 0.29) is 24.0 Å². The fraction of sp³-hybridized carbons (Fsp3) is 0.0400. The van der Waals surface area contributed by atoms with E-state index in [0.29, 0.717) is 0 Å². The molecule has 0 saturated heterocycles. The predicted octanol–water partition coefficient (Wildman–Crippen LogP) is 1.32. The predicted molar refractivity (Wildman–Crippen MR) is 118 cm³/mol. The molecule has 0 unspecified atom stereocenters. The molecule has 3 heteroatoms. The number of hydrogen-bond donors (Lipinski definition) is 0. The summed E-state index contributed by atoms with van der Waals surface area (Å²) in [5, 5.41) is 5.33. The van der Waals surface area contributed by atoms with Crippen LogP contribution in [0.25, 0.3) is 0 Å². The van der Waals surface area contributed by atoms with Crippen molar-refractivity contribution in [3.63, 3.8) is 0 Å². The Morgan fingerprint density at radius 3 is 1.29 bits per heavy atom. The van der Waals surface area contributed by atoms with E-state index in [4.69, 9.17) is 4.74 Å². The van der Waals surface area contributed by atoms with Gasteiger partial charge >= 0.3 is 0 Å². The minimum atomic E-state index is -2.03. The molecular weight excluding hydrogens is 474 g/mol. The lowest BCUT2D eigenvalue weighted by Gasteiger charge is -2.27. The molecule has 0 bridgehead atoms. The van der Waals surface area contributed by atoms with E-state index in [1.165, 1.54) is 21.2 Å². The van der Waals surface area contributed by atoms with Crippen molar-refractivity contribution in [2.75, 3.05) is 7.11 Å². The van der Waals surface area contributed by atoms with E-state index in [2.05, 4.69) is 109 Å². The Morgan fingerprint density at radius 1 is 0.500 bits per heavy atom. The van der Waals surface area contributed by atoms with E-state index in [0.717, 1.165) is 5.75 Å². The summed E-state index contributed by atoms with van der Waals surface area (Å²) in [4.78, 5) is 0. The molecule has 0 heterocycles. The van der Waals surface area contributed by atoms with E-state index in [9.17, 15) is 0 Å². The average Bonchev–Trinajstić information content (AvgIpc) is 2.77. The fourth-order valence-corrected chi connectivity index (χ4v) is 7.95. The standard InChI is InChI=1S/C25H22OP.HI/c1-26-21-12-11-19-25(20-21)27(22-13-5-2-6-14-22,23-15-7-3-8-16-23)24-17-9-4-10-18-24;/h2-20H,1H3;1H/q+1;/p-1. The molecule has 1 nitrogen and oxygen atoms in total. The zero-order valence-corrected chi connectivity index (χ0v) is 18.8. The van der Waals surface area contributed by atoms with Crippen molar-refractivity contribution in [2.24, 2.45) is 0 Å². The third kappa shape index (κ3) is 3.72. The van der Waals surface area contributed by atoms with Crippen LogP contribution in [0.4, 0.5) is 0 Å². The number of benzene rings is 4. The van der Waals surface area contributed by atoms with E-state index in [1.54, 1.807) is 7.11 Å². The van der Waals surface area contributed by atoms with Crippen molar-refractivity contribution in [3.8, 4) is 5.75 Å². The van der Waals surface area contributed by atoms with Gasteiger partial charge < -0.3 is 28.7 Å². The second kappa shape index (κ2) is 9.36. The SMILES string of the molecule is COc1cccc([P+](c2ccccc2)(c2ccccc2)c2ccccc2)c1.[I-]. The summed E-state index contributed by atoms with van der Waals surface area (Å²) in [6, 6.07) is 41.1. The fourth-order valence-electron chi connectivity index (χ4n) is 3.67. The molecule has 28 heavy (non-hydrogen) atoms. The minimum absolute atomic E-state index is 0. The molecule has 4 aromatic rings. The van der Waals surface area contributed by atoms with Crippen molar-refractivity contribution in [3.05, 3.63) is 115 Å². The van der Waals surface area contributed by atoms with Crippen molar-refractivity contribution in [1.82, 2.24) is 0 Å². The van der Waals surface area contributed by atoms with Gasteiger partial charge in [0.25, 0.3) is 0 Å². The summed E-state index contributed by atoms with van der Waals surface area (Å²) < 4.78 is 5.58. The first-order chi connectivity index (χ1) is 13.4. The van der Waals surface area contributed by atoms with Gasteiger partial charge in [-0.2, -0.15) is 0 Å². The Kier molecular flexibility index (Phi) is 6.88. The molecule has 4 aromatic carbocycles. The first kappa shape index (κ1) is 20.6. The molecule has 0 amide bonds. The van der Waals surface area contributed by atoms with Gasteiger partial charge in [0.1, 0.15) is 34.2 Å². The molecular formula is C25H22IOP. The van der Waals surface area contributed by atoms with Gasteiger partial charge in [0, 0.05) is 6.07 Å². The normalized spacial score (nSPS) is 10.8. The van der Waals surface area contributed by atoms with E-state index in [1.807, 2.05) is 6.07 Å². The molecule has 0 aliphatic carbocycles. The maximum Gasteiger partial charge on any atom is 0.144 e. The van der Waals surface area contributed by atoms with Crippen LogP contribution in [0, 0.1) is 0 Å². The molecule has 0 N–H and O–H groups in total. The van der Waals surface area contributed by atoms with Crippen molar-refractivity contribution in [1.29, 1.82) is 0 Å². The summed E-state index contributed by atoms with van der Waals surface area (Å²) in [6.45, 7) is 0. The van der Waals surface area contributed by atoms with Crippen molar-refractivity contribution in [2.45, 2.75) is 0 Å². The van der Waals surface area contributed by atoms with Crippen LogP contribution in [0.1, 0.15) is 0 Å². The van der Waals surface area contributed by atoms with Gasteiger partial charge in [-0.25, -0.2) is 0 Å². The van der Waals surface area contributed by atoms with Gasteiger partial charge in [0.05, 0.1) is 7.11 Å². The summed E-state index contributed by atoms with van der Waals surface area (Å²) in [5.41, 5.74) is 0. The minimum Gasteiger partial charge on any atom is -1.00 e. The van der Waals surface area contributed by atoms with Crippen LogP contribution in [0.2, 0.25) is 0 Å². The monoisotopic (exact) mass is 496 g/mol. The Balaban J connectivity index is 0.00000225. The summed E-state index contributed by atoms with van der Waals surface area (Å²) in [5.74, 6) is 0.889. The Hall–Kier alpha value is -2.16.